The first kappa shape index (κ1) is 10.9. The second-order valence-corrected chi connectivity index (χ2v) is 3.25. The quantitative estimate of drug-likeness (QED) is 0.703. The Morgan fingerprint density at radius 1 is 1.36 bits per heavy atom. The summed E-state index contributed by atoms with van der Waals surface area (Å²) in [6, 6.07) is 5.50. The molecular formula is C11H17NO2. The Morgan fingerprint density at radius 2 is 2.14 bits per heavy atom. The highest BCUT2D eigenvalue weighted by Crippen LogP contribution is 2.26. The monoisotopic (exact) mass is 195 g/mol. The highest BCUT2D eigenvalue weighted by atomic mass is 16.5. The summed E-state index contributed by atoms with van der Waals surface area (Å²) in [6.07, 6.45) is 3.03. The smallest absolute Gasteiger partial charge is 0.160 e. The van der Waals surface area contributed by atoms with E-state index in [0.29, 0.717) is 5.75 Å². The standard InChI is InChI=1S/C11H17NO2/c1-14-11-6-5-9(8-10(11)13)4-2-3-7-12/h5-6,8,13H,2-4,7,12H2,1H3. The minimum Gasteiger partial charge on any atom is -0.504 e. The van der Waals surface area contributed by atoms with Crippen molar-refractivity contribution in [3.05, 3.63) is 23.8 Å². The number of aromatic hydroxyl groups is 1. The van der Waals surface area contributed by atoms with Gasteiger partial charge in [-0.3, -0.25) is 0 Å². The molecule has 3 N–H and O–H groups in total. The lowest BCUT2D eigenvalue weighted by molar-refractivity contribution is 0.373. The Balaban J connectivity index is 2.57. The number of rotatable bonds is 5. The fourth-order valence-corrected chi connectivity index (χ4v) is 1.36. The highest BCUT2D eigenvalue weighted by molar-refractivity contribution is 5.41. The third kappa shape index (κ3) is 2.92. The molecule has 0 aliphatic heterocycles. The molecule has 0 saturated heterocycles. The molecule has 0 bridgehead atoms. The second kappa shape index (κ2) is 5.50. The van der Waals surface area contributed by atoms with Crippen molar-refractivity contribution in [1.29, 1.82) is 0 Å². The molecule has 0 amide bonds. The van der Waals surface area contributed by atoms with Gasteiger partial charge < -0.3 is 15.6 Å². The molecule has 1 aromatic rings. The van der Waals surface area contributed by atoms with Crippen molar-refractivity contribution in [3.63, 3.8) is 0 Å². The van der Waals surface area contributed by atoms with Gasteiger partial charge in [0.2, 0.25) is 0 Å². The summed E-state index contributed by atoms with van der Waals surface area (Å²) in [6.45, 7) is 0.724. The number of unbranched alkanes of at least 4 members (excludes halogenated alkanes) is 1. The van der Waals surface area contributed by atoms with Crippen LogP contribution in [0.3, 0.4) is 0 Å². The van der Waals surface area contributed by atoms with Gasteiger partial charge in [0.25, 0.3) is 0 Å². The molecule has 1 aromatic carbocycles. The van der Waals surface area contributed by atoms with Crippen molar-refractivity contribution in [2.75, 3.05) is 13.7 Å². The number of aryl methyl sites for hydroxylation is 1. The third-order valence-electron chi connectivity index (χ3n) is 2.16. The van der Waals surface area contributed by atoms with Gasteiger partial charge >= 0.3 is 0 Å². The second-order valence-electron chi connectivity index (χ2n) is 3.25. The lowest BCUT2D eigenvalue weighted by atomic mass is 10.1. The number of hydrogen-bond donors (Lipinski definition) is 2. The predicted octanol–water partition coefficient (Wildman–Crippen LogP) is 1.68. The van der Waals surface area contributed by atoms with E-state index >= 15 is 0 Å². The fraction of sp³-hybridized carbons (Fsp3) is 0.455. The lowest BCUT2D eigenvalue weighted by Crippen LogP contribution is -1.99. The largest absolute Gasteiger partial charge is 0.504 e. The summed E-state index contributed by atoms with van der Waals surface area (Å²) in [5.74, 6) is 0.727. The van der Waals surface area contributed by atoms with Gasteiger partial charge in [-0.25, -0.2) is 0 Å². The molecule has 0 aromatic heterocycles. The van der Waals surface area contributed by atoms with Gasteiger partial charge in [-0.2, -0.15) is 0 Å². The van der Waals surface area contributed by atoms with Crippen molar-refractivity contribution in [2.45, 2.75) is 19.3 Å². The first-order valence-corrected chi connectivity index (χ1v) is 4.84. The molecule has 1 rings (SSSR count). The molecule has 0 heterocycles. The number of ether oxygens (including phenoxy) is 1. The van der Waals surface area contributed by atoms with Crippen LogP contribution < -0.4 is 10.5 Å². The number of phenolic OH excluding ortho intramolecular Hbond substituents is 1. The van der Waals surface area contributed by atoms with E-state index in [4.69, 9.17) is 10.5 Å². The molecule has 0 fully saturated rings. The predicted molar refractivity (Wildman–Crippen MR) is 56.7 cm³/mol. The van der Waals surface area contributed by atoms with Gasteiger partial charge in [-0.15, -0.1) is 0 Å². The number of hydrogen-bond acceptors (Lipinski definition) is 3. The molecule has 14 heavy (non-hydrogen) atoms. The van der Waals surface area contributed by atoms with Gasteiger partial charge in [0.1, 0.15) is 0 Å². The number of methoxy groups -OCH3 is 1. The van der Waals surface area contributed by atoms with Crippen molar-refractivity contribution in [1.82, 2.24) is 0 Å². The van der Waals surface area contributed by atoms with Gasteiger partial charge in [0.15, 0.2) is 11.5 Å². The summed E-state index contributed by atoms with van der Waals surface area (Å²) < 4.78 is 4.96. The van der Waals surface area contributed by atoms with Crippen LogP contribution in [0.4, 0.5) is 0 Å². The summed E-state index contributed by atoms with van der Waals surface area (Å²) in [5.41, 5.74) is 6.52. The van der Waals surface area contributed by atoms with Crippen LogP contribution >= 0.6 is 0 Å². The molecule has 0 radical (unpaired) electrons. The summed E-state index contributed by atoms with van der Waals surface area (Å²) in [4.78, 5) is 0. The minimum atomic E-state index is 0.206. The average Bonchev–Trinajstić information content (AvgIpc) is 2.18. The van der Waals surface area contributed by atoms with Crippen molar-refractivity contribution < 1.29 is 9.84 Å². The average molecular weight is 195 g/mol. The van der Waals surface area contributed by atoms with Crippen LogP contribution in [0.15, 0.2) is 18.2 Å². The van der Waals surface area contributed by atoms with E-state index < -0.39 is 0 Å². The maximum atomic E-state index is 9.50. The molecule has 0 unspecified atom stereocenters. The van der Waals surface area contributed by atoms with Gasteiger partial charge in [-0.05, 0) is 43.5 Å². The molecule has 3 nitrogen and oxygen atoms in total. The number of benzene rings is 1. The Morgan fingerprint density at radius 3 is 2.71 bits per heavy atom. The van der Waals surface area contributed by atoms with Gasteiger partial charge in [-0.1, -0.05) is 6.07 Å². The van der Waals surface area contributed by atoms with Crippen LogP contribution in [-0.4, -0.2) is 18.8 Å². The molecular weight excluding hydrogens is 178 g/mol. The van der Waals surface area contributed by atoms with E-state index in [2.05, 4.69) is 0 Å². The zero-order valence-corrected chi connectivity index (χ0v) is 8.49. The zero-order valence-electron chi connectivity index (χ0n) is 8.49. The number of nitrogens with two attached hydrogens (primary N) is 1. The Hall–Kier alpha value is -1.22. The van der Waals surface area contributed by atoms with Crippen molar-refractivity contribution >= 4 is 0 Å². The van der Waals surface area contributed by atoms with Crippen LogP contribution in [0.1, 0.15) is 18.4 Å². The number of phenols is 1. The summed E-state index contributed by atoms with van der Waals surface area (Å²) >= 11 is 0. The third-order valence-corrected chi connectivity index (χ3v) is 2.16. The molecule has 0 aliphatic carbocycles. The summed E-state index contributed by atoms with van der Waals surface area (Å²) in [7, 11) is 1.54. The molecule has 0 aliphatic rings. The van der Waals surface area contributed by atoms with E-state index in [-0.39, 0.29) is 5.75 Å². The van der Waals surface area contributed by atoms with Gasteiger partial charge in [0, 0.05) is 0 Å². The Kier molecular flexibility index (Phi) is 4.26. The van der Waals surface area contributed by atoms with Crippen molar-refractivity contribution in [3.8, 4) is 11.5 Å². The first-order chi connectivity index (χ1) is 6.77. The summed E-state index contributed by atoms with van der Waals surface area (Å²) in [5, 5.41) is 9.50. The first-order valence-electron chi connectivity index (χ1n) is 4.84. The van der Waals surface area contributed by atoms with Crippen molar-refractivity contribution in [2.24, 2.45) is 5.73 Å². The molecule has 3 heteroatoms. The Bertz CT molecular complexity index is 287. The van der Waals surface area contributed by atoms with Crippen LogP contribution in [0.5, 0.6) is 11.5 Å². The minimum absolute atomic E-state index is 0.206. The van der Waals surface area contributed by atoms with E-state index in [1.54, 1.807) is 19.2 Å². The van der Waals surface area contributed by atoms with E-state index in [1.165, 1.54) is 0 Å². The molecule has 0 atom stereocenters. The molecule has 0 spiro atoms. The van der Waals surface area contributed by atoms with Crippen LogP contribution in [0.2, 0.25) is 0 Å². The SMILES string of the molecule is COc1ccc(CCCCN)cc1O. The lowest BCUT2D eigenvalue weighted by Gasteiger charge is -2.05. The van der Waals surface area contributed by atoms with Crippen LogP contribution in [0.25, 0.3) is 0 Å². The Labute approximate surface area is 84.5 Å². The maximum Gasteiger partial charge on any atom is 0.160 e. The van der Waals surface area contributed by atoms with E-state index in [0.717, 1.165) is 31.4 Å². The zero-order chi connectivity index (χ0) is 10.4. The van der Waals surface area contributed by atoms with E-state index in [9.17, 15) is 5.11 Å². The van der Waals surface area contributed by atoms with E-state index in [1.807, 2.05) is 6.07 Å². The van der Waals surface area contributed by atoms with Crippen LogP contribution in [-0.2, 0) is 6.42 Å². The normalized spacial score (nSPS) is 10.1. The fourth-order valence-electron chi connectivity index (χ4n) is 1.36. The van der Waals surface area contributed by atoms with Crippen LogP contribution in [0, 0.1) is 0 Å². The molecule has 0 saturated carbocycles. The van der Waals surface area contributed by atoms with Gasteiger partial charge in [0.05, 0.1) is 7.11 Å². The maximum absolute atomic E-state index is 9.50. The topological polar surface area (TPSA) is 55.5 Å². The molecule has 78 valence electrons. The highest BCUT2D eigenvalue weighted by Gasteiger charge is 2.01.